The molecule has 0 bridgehead atoms. The number of hydrogen-bond acceptors (Lipinski definition) is 8. The molecule has 2 fully saturated rings. The van der Waals surface area contributed by atoms with Crippen molar-refractivity contribution < 1.29 is 9.15 Å². The van der Waals surface area contributed by atoms with Gasteiger partial charge >= 0.3 is 0 Å². The molecule has 0 aromatic carbocycles. The molecule has 0 spiro atoms. The van der Waals surface area contributed by atoms with Crippen LogP contribution in [0.25, 0.3) is 22.6 Å². The summed E-state index contributed by atoms with van der Waals surface area (Å²) in [6.07, 6.45) is 6.38. The van der Waals surface area contributed by atoms with Crippen molar-refractivity contribution in [1.82, 2.24) is 29.7 Å². The first kappa shape index (κ1) is 20.3. The maximum absolute atomic E-state index is 6.28. The summed E-state index contributed by atoms with van der Waals surface area (Å²) in [5, 5.41) is 4.55. The summed E-state index contributed by atoms with van der Waals surface area (Å²) >= 11 is 0. The number of rotatable bonds is 4. The molecule has 9 nitrogen and oxygen atoms in total. The van der Waals surface area contributed by atoms with Crippen LogP contribution in [0.3, 0.4) is 0 Å². The first-order valence-corrected chi connectivity index (χ1v) is 11.5. The molecule has 1 saturated carbocycles. The van der Waals surface area contributed by atoms with Crippen LogP contribution in [0.2, 0.25) is 0 Å². The molecule has 2 atom stereocenters. The summed E-state index contributed by atoms with van der Waals surface area (Å²) in [4.78, 5) is 21.4. The molecule has 0 N–H and O–H groups in total. The summed E-state index contributed by atoms with van der Waals surface area (Å²) in [7, 11) is 0. The van der Waals surface area contributed by atoms with Gasteiger partial charge in [-0.25, -0.2) is 15.0 Å². The van der Waals surface area contributed by atoms with Gasteiger partial charge in [-0.05, 0) is 52.7 Å². The highest BCUT2D eigenvalue weighted by atomic mass is 16.5. The van der Waals surface area contributed by atoms with Gasteiger partial charge in [0.1, 0.15) is 23.1 Å². The molecule has 2 aliphatic rings. The van der Waals surface area contributed by atoms with E-state index in [1.54, 1.807) is 0 Å². The molecule has 0 amide bonds. The van der Waals surface area contributed by atoms with E-state index in [1.165, 1.54) is 12.8 Å². The minimum Gasteiger partial charge on any atom is -0.460 e. The van der Waals surface area contributed by atoms with Crippen LogP contribution in [-0.2, 0) is 4.74 Å². The maximum atomic E-state index is 6.28. The van der Waals surface area contributed by atoms with E-state index in [0.717, 1.165) is 22.7 Å². The number of hydrogen-bond donors (Lipinski definition) is 0. The maximum Gasteiger partial charge on any atom is 0.228 e. The number of aryl methyl sites for hydroxylation is 3. The lowest BCUT2D eigenvalue weighted by Gasteiger charge is -2.36. The van der Waals surface area contributed by atoms with E-state index in [4.69, 9.17) is 29.1 Å². The Morgan fingerprint density at radius 2 is 1.79 bits per heavy atom. The second-order valence-corrected chi connectivity index (χ2v) is 9.17. The van der Waals surface area contributed by atoms with Crippen LogP contribution in [0.15, 0.2) is 28.9 Å². The van der Waals surface area contributed by atoms with Crippen molar-refractivity contribution in [3.05, 3.63) is 47.2 Å². The average Bonchev–Trinajstić information content (AvgIpc) is 3.35. The normalized spacial score (nSPS) is 21.2. The fourth-order valence-electron chi connectivity index (χ4n) is 4.33. The average molecular weight is 446 g/mol. The van der Waals surface area contributed by atoms with Crippen molar-refractivity contribution in [2.45, 2.75) is 58.8 Å². The molecular weight excluding hydrogens is 418 g/mol. The summed E-state index contributed by atoms with van der Waals surface area (Å²) < 4.78 is 14.3. The van der Waals surface area contributed by atoms with Gasteiger partial charge in [0.05, 0.1) is 36.3 Å². The minimum atomic E-state index is -0.0966. The highest BCUT2D eigenvalue weighted by Gasteiger charge is 2.31. The fourth-order valence-corrected chi connectivity index (χ4v) is 4.33. The predicted octanol–water partition coefficient (Wildman–Crippen LogP) is 4.10. The molecule has 170 valence electrons. The Kier molecular flexibility index (Phi) is 4.69. The number of fused-ring (bicyclic) bond motifs is 1. The van der Waals surface area contributed by atoms with Crippen LogP contribution in [0.1, 0.15) is 54.6 Å². The SMILES string of the molecule is Cc1ccc(-c2nc(N3C[C@@H](C)O[C@@H](c4cnn(C5CC5)c4)C3)nc3nc(C)c(C)nc23)o1. The summed E-state index contributed by atoms with van der Waals surface area (Å²) in [6, 6.07) is 4.40. The lowest BCUT2D eigenvalue weighted by molar-refractivity contribution is -0.0178. The zero-order valence-corrected chi connectivity index (χ0v) is 19.3. The second-order valence-electron chi connectivity index (χ2n) is 9.17. The van der Waals surface area contributed by atoms with Gasteiger partial charge in [-0.1, -0.05) is 0 Å². The highest BCUT2D eigenvalue weighted by molar-refractivity contribution is 5.86. The van der Waals surface area contributed by atoms with Crippen LogP contribution < -0.4 is 4.90 Å². The van der Waals surface area contributed by atoms with Crippen LogP contribution in [0.5, 0.6) is 0 Å². The summed E-state index contributed by atoms with van der Waals surface area (Å²) in [5.74, 6) is 2.10. The van der Waals surface area contributed by atoms with Crippen LogP contribution in [0.4, 0.5) is 5.95 Å². The van der Waals surface area contributed by atoms with Crippen LogP contribution in [0, 0.1) is 20.8 Å². The van der Waals surface area contributed by atoms with E-state index in [1.807, 2.05) is 39.1 Å². The fraction of sp³-hybridized carbons (Fsp3) is 0.458. The third-order valence-corrected chi connectivity index (χ3v) is 6.36. The number of aromatic nitrogens is 6. The van der Waals surface area contributed by atoms with E-state index in [2.05, 4.69) is 27.8 Å². The predicted molar refractivity (Wildman–Crippen MR) is 123 cm³/mol. The summed E-state index contributed by atoms with van der Waals surface area (Å²) in [5.41, 5.74) is 4.69. The quantitative estimate of drug-likeness (QED) is 0.463. The van der Waals surface area contributed by atoms with Crippen molar-refractivity contribution in [2.24, 2.45) is 0 Å². The number of nitrogens with zero attached hydrogens (tertiary/aromatic N) is 7. The van der Waals surface area contributed by atoms with Crippen molar-refractivity contribution in [3.63, 3.8) is 0 Å². The van der Waals surface area contributed by atoms with Gasteiger partial charge < -0.3 is 14.1 Å². The van der Waals surface area contributed by atoms with Gasteiger partial charge in [0.25, 0.3) is 0 Å². The Balaban J connectivity index is 1.41. The van der Waals surface area contributed by atoms with E-state index in [-0.39, 0.29) is 12.2 Å². The highest BCUT2D eigenvalue weighted by Crippen LogP contribution is 2.36. The molecule has 9 heteroatoms. The van der Waals surface area contributed by atoms with E-state index < -0.39 is 0 Å². The molecule has 1 saturated heterocycles. The van der Waals surface area contributed by atoms with Gasteiger partial charge in [-0.2, -0.15) is 10.1 Å². The van der Waals surface area contributed by atoms with Gasteiger partial charge in [-0.3, -0.25) is 4.68 Å². The van der Waals surface area contributed by atoms with Crippen molar-refractivity contribution in [3.8, 4) is 11.5 Å². The zero-order valence-electron chi connectivity index (χ0n) is 19.3. The standard InChI is InChI=1S/C24H27N7O2/c1-13-5-8-19(32-13)21-22-23(27-16(4)15(3)26-22)29-24(28-21)30-10-14(2)33-20(12-30)17-9-25-31(11-17)18-6-7-18/h5,8-9,11,14,18,20H,6-7,10,12H2,1-4H3/t14-,20-/m1/s1. The number of morpholine rings is 1. The topological polar surface area (TPSA) is 95.0 Å². The second kappa shape index (κ2) is 7.62. The Morgan fingerprint density at radius 1 is 0.970 bits per heavy atom. The Bertz CT molecular complexity index is 1340. The Morgan fingerprint density at radius 3 is 2.55 bits per heavy atom. The zero-order chi connectivity index (χ0) is 22.7. The molecule has 1 aliphatic heterocycles. The molecule has 4 aromatic heterocycles. The van der Waals surface area contributed by atoms with Crippen molar-refractivity contribution in [1.29, 1.82) is 0 Å². The van der Waals surface area contributed by atoms with Crippen LogP contribution >= 0.6 is 0 Å². The van der Waals surface area contributed by atoms with Crippen molar-refractivity contribution in [2.75, 3.05) is 18.0 Å². The van der Waals surface area contributed by atoms with E-state index in [0.29, 0.717) is 47.7 Å². The van der Waals surface area contributed by atoms with Gasteiger partial charge in [0, 0.05) is 18.3 Å². The molecular formula is C24H27N7O2. The smallest absolute Gasteiger partial charge is 0.228 e. The van der Waals surface area contributed by atoms with E-state index in [9.17, 15) is 0 Å². The molecule has 4 aromatic rings. The Hall–Kier alpha value is -3.33. The number of ether oxygens (including phenoxy) is 1. The minimum absolute atomic E-state index is 0.0208. The van der Waals surface area contributed by atoms with E-state index >= 15 is 0 Å². The lowest BCUT2D eigenvalue weighted by Crippen LogP contribution is -2.43. The van der Waals surface area contributed by atoms with Gasteiger partial charge in [0.2, 0.25) is 5.95 Å². The monoisotopic (exact) mass is 445 g/mol. The molecule has 6 rings (SSSR count). The molecule has 0 radical (unpaired) electrons. The Labute approximate surface area is 191 Å². The largest absolute Gasteiger partial charge is 0.460 e. The molecule has 1 aliphatic carbocycles. The first-order valence-electron chi connectivity index (χ1n) is 11.5. The molecule has 0 unspecified atom stereocenters. The third-order valence-electron chi connectivity index (χ3n) is 6.36. The molecule has 33 heavy (non-hydrogen) atoms. The lowest BCUT2D eigenvalue weighted by atomic mass is 10.1. The third kappa shape index (κ3) is 3.76. The number of furan rings is 1. The summed E-state index contributed by atoms with van der Waals surface area (Å²) in [6.45, 7) is 9.23. The van der Waals surface area contributed by atoms with Gasteiger partial charge in [0.15, 0.2) is 11.4 Å². The van der Waals surface area contributed by atoms with Crippen LogP contribution in [-0.4, -0.2) is 48.9 Å². The molecule has 5 heterocycles. The first-order chi connectivity index (χ1) is 15.9. The van der Waals surface area contributed by atoms with Crippen molar-refractivity contribution >= 4 is 17.1 Å². The number of anilines is 1. The van der Waals surface area contributed by atoms with Gasteiger partial charge in [-0.15, -0.1) is 0 Å².